The van der Waals surface area contributed by atoms with Gasteiger partial charge in [0.2, 0.25) is 0 Å². The Morgan fingerprint density at radius 3 is 2.63 bits per heavy atom. The van der Waals surface area contributed by atoms with Gasteiger partial charge in [0.25, 0.3) is 11.5 Å². The molecule has 5 N–H and O–H groups in total. The molecule has 2 aromatic rings. The molecular weight excluding hydrogens is 380 g/mol. The summed E-state index contributed by atoms with van der Waals surface area (Å²) in [6.45, 7) is 1.66. The Morgan fingerprint density at radius 1 is 1.30 bits per heavy atom. The number of carbonyl (C=O) groups excluding carboxylic acids is 2. The van der Waals surface area contributed by atoms with Crippen molar-refractivity contribution in [2.24, 2.45) is 0 Å². The van der Waals surface area contributed by atoms with Gasteiger partial charge >= 0.3 is 11.7 Å². The Kier molecular flexibility index (Phi) is 6.24. The topological polar surface area (TPSA) is 156 Å². The molecule has 1 amide bonds. The van der Waals surface area contributed by atoms with Crippen LogP contribution in [0, 0.1) is 0 Å². The number of nitrogens with one attached hydrogen (secondary N) is 3. The molecule has 0 aliphatic rings. The van der Waals surface area contributed by atoms with Gasteiger partial charge in [-0.15, -0.1) is 0 Å². The number of amides is 1. The van der Waals surface area contributed by atoms with Gasteiger partial charge in [-0.2, -0.15) is 0 Å². The highest BCUT2D eigenvalue weighted by Crippen LogP contribution is 2.25. The maximum Gasteiger partial charge on any atom is 0.337 e. The van der Waals surface area contributed by atoms with Gasteiger partial charge in [-0.1, -0.05) is 11.6 Å². The Labute approximate surface area is 157 Å². The lowest BCUT2D eigenvalue weighted by Gasteiger charge is -2.16. The molecule has 1 heterocycles. The second-order valence-electron chi connectivity index (χ2n) is 5.52. The van der Waals surface area contributed by atoms with E-state index in [-0.39, 0.29) is 22.9 Å². The van der Waals surface area contributed by atoms with Crippen LogP contribution in [0.1, 0.15) is 27.8 Å². The first kappa shape index (κ1) is 20.0. The van der Waals surface area contributed by atoms with Gasteiger partial charge in [0.05, 0.1) is 23.7 Å². The van der Waals surface area contributed by atoms with Crippen LogP contribution in [0.3, 0.4) is 0 Å². The number of hydrogen-bond donors (Lipinski definition) is 4. The number of halogens is 1. The molecule has 27 heavy (non-hydrogen) atoms. The molecular formula is C16H17ClN4O6. The highest BCUT2D eigenvalue weighted by Gasteiger charge is 2.17. The van der Waals surface area contributed by atoms with E-state index in [0.717, 1.165) is 0 Å². The molecule has 0 bridgehead atoms. The predicted molar refractivity (Wildman–Crippen MR) is 97.3 cm³/mol. The smallest absolute Gasteiger partial charge is 0.337 e. The minimum absolute atomic E-state index is 0.0242. The SMILES string of the molecule is COC(=O)c1ccc(OCC(C)NC(=O)c2[nH]c(=O)[nH]c(=O)c2N)c(Cl)c1. The third kappa shape index (κ3) is 4.88. The molecule has 0 fully saturated rings. The van der Waals surface area contributed by atoms with Crippen LogP contribution in [-0.2, 0) is 4.74 Å². The van der Waals surface area contributed by atoms with E-state index in [9.17, 15) is 19.2 Å². The number of nitrogen functional groups attached to an aromatic ring is 1. The Hall–Kier alpha value is -3.27. The fourth-order valence-electron chi connectivity index (χ4n) is 2.09. The second kappa shape index (κ2) is 8.41. The van der Waals surface area contributed by atoms with Crippen molar-refractivity contribution in [2.45, 2.75) is 13.0 Å². The number of aromatic amines is 2. The summed E-state index contributed by atoms with van der Waals surface area (Å²) in [4.78, 5) is 50.4. The highest BCUT2D eigenvalue weighted by molar-refractivity contribution is 6.32. The van der Waals surface area contributed by atoms with Crippen LogP contribution < -0.4 is 27.0 Å². The van der Waals surface area contributed by atoms with E-state index in [0.29, 0.717) is 5.75 Å². The van der Waals surface area contributed by atoms with Crippen molar-refractivity contribution in [1.29, 1.82) is 0 Å². The summed E-state index contributed by atoms with van der Waals surface area (Å²) in [5.74, 6) is -0.970. The average Bonchev–Trinajstić information content (AvgIpc) is 2.62. The molecule has 144 valence electrons. The highest BCUT2D eigenvalue weighted by atomic mass is 35.5. The van der Waals surface area contributed by atoms with Crippen molar-refractivity contribution >= 4 is 29.2 Å². The number of esters is 1. The lowest BCUT2D eigenvalue weighted by atomic mass is 10.2. The van der Waals surface area contributed by atoms with Gasteiger partial charge in [0, 0.05) is 0 Å². The van der Waals surface area contributed by atoms with Crippen molar-refractivity contribution < 1.29 is 19.1 Å². The van der Waals surface area contributed by atoms with Crippen molar-refractivity contribution in [3.63, 3.8) is 0 Å². The molecule has 1 unspecified atom stereocenters. The monoisotopic (exact) mass is 396 g/mol. The first-order valence-corrected chi connectivity index (χ1v) is 8.04. The van der Waals surface area contributed by atoms with E-state index in [1.165, 1.54) is 25.3 Å². The zero-order valence-corrected chi connectivity index (χ0v) is 15.2. The normalized spacial score (nSPS) is 11.5. The van der Waals surface area contributed by atoms with Gasteiger partial charge in [0.1, 0.15) is 23.7 Å². The molecule has 1 aromatic heterocycles. The van der Waals surface area contributed by atoms with Gasteiger partial charge in [-0.05, 0) is 25.1 Å². The van der Waals surface area contributed by atoms with Gasteiger partial charge in [-0.3, -0.25) is 14.6 Å². The molecule has 0 saturated carbocycles. The molecule has 1 aromatic carbocycles. The number of nitrogens with two attached hydrogens (primary N) is 1. The van der Waals surface area contributed by atoms with Crippen molar-refractivity contribution in [1.82, 2.24) is 15.3 Å². The number of H-pyrrole nitrogens is 2. The first-order chi connectivity index (χ1) is 12.7. The summed E-state index contributed by atoms with van der Waals surface area (Å²) in [5.41, 5.74) is 3.33. The van der Waals surface area contributed by atoms with Crippen LogP contribution in [0.4, 0.5) is 5.69 Å². The molecule has 0 aliphatic heterocycles. The summed E-state index contributed by atoms with van der Waals surface area (Å²) in [6, 6.07) is 3.86. The van der Waals surface area contributed by atoms with Crippen molar-refractivity contribution in [2.75, 3.05) is 19.5 Å². The standard InChI is InChI=1S/C16H17ClN4O6/c1-7(19-14(23)12-11(18)13(22)21-16(25)20-12)6-27-10-4-3-8(5-9(10)17)15(24)26-2/h3-5,7H,6,18H2,1-2H3,(H,19,23)(H2,20,21,22,25). The number of carbonyl (C=O) groups is 2. The fraction of sp³-hybridized carbons (Fsp3) is 0.250. The van der Waals surface area contributed by atoms with Crippen LogP contribution in [0.5, 0.6) is 5.75 Å². The maximum atomic E-state index is 12.2. The van der Waals surface area contributed by atoms with Crippen LogP contribution >= 0.6 is 11.6 Å². The molecule has 11 heteroatoms. The molecule has 0 radical (unpaired) electrons. The van der Waals surface area contributed by atoms with Gasteiger partial charge in [0.15, 0.2) is 0 Å². The van der Waals surface area contributed by atoms with E-state index in [1.54, 1.807) is 6.92 Å². The number of anilines is 1. The van der Waals surface area contributed by atoms with E-state index in [2.05, 4.69) is 15.0 Å². The second-order valence-corrected chi connectivity index (χ2v) is 5.93. The Morgan fingerprint density at radius 2 is 2.00 bits per heavy atom. The fourth-order valence-corrected chi connectivity index (χ4v) is 2.33. The molecule has 2 rings (SSSR count). The Bertz CT molecular complexity index is 984. The lowest BCUT2D eigenvalue weighted by molar-refractivity contribution is 0.0600. The lowest BCUT2D eigenvalue weighted by Crippen LogP contribution is -2.40. The number of aromatic nitrogens is 2. The summed E-state index contributed by atoms with van der Waals surface area (Å²) in [7, 11) is 1.26. The number of hydrogen-bond acceptors (Lipinski definition) is 7. The van der Waals surface area contributed by atoms with E-state index in [4.69, 9.17) is 22.1 Å². The zero-order valence-electron chi connectivity index (χ0n) is 14.4. The third-order valence-electron chi connectivity index (χ3n) is 3.43. The third-order valence-corrected chi connectivity index (χ3v) is 3.72. The summed E-state index contributed by atoms with van der Waals surface area (Å²) < 4.78 is 10.1. The van der Waals surface area contributed by atoms with Crippen LogP contribution in [0.2, 0.25) is 5.02 Å². The largest absolute Gasteiger partial charge is 0.490 e. The van der Waals surface area contributed by atoms with E-state index < -0.39 is 34.9 Å². The maximum absolute atomic E-state index is 12.2. The molecule has 10 nitrogen and oxygen atoms in total. The van der Waals surface area contributed by atoms with Crippen LogP contribution in [0.25, 0.3) is 0 Å². The number of benzene rings is 1. The minimum Gasteiger partial charge on any atom is -0.490 e. The Balaban J connectivity index is 2.01. The predicted octanol–water partition coefficient (Wildman–Crippen LogP) is 0.283. The van der Waals surface area contributed by atoms with Crippen LogP contribution in [0.15, 0.2) is 27.8 Å². The van der Waals surface area contributed by atoms with Crippen LogP contribution in [-0.4, -0.2) is 41.6 Å². The molecule has 1 atom stereocenters. The van der Waals surface area contributed by atoms with E-state index >= 15 is 0 Å². The first-order valence-electron chi connectivity index (χ1n) is 7.66. The number of rotatable bonds is 6. The number of methoxy groups -OCH3 is 1. The zero-order chi connectivity index (χ0) is 20.1. The van der Waals surface area contributed by atoms with Gasteiger partial charge < -0.3 is 25.5 Å². The van der Waals surface area contributed by atoms with E-state index in [1.807, 2.05) is 4.98 Å². The molecule has 0 saturated heterocycles. The molecule has 0 spiro atoms. The summed E-state index contributed by atoms with van der Waals surface area (Å²) in [6.07, 6.45) is 0. The minimum atomic E-state index is -0.856. The molecule has 0 aliphatic carbocycles. The number of ether oxygens (including phenoxy) is 2. The van der Waals surface area contributed by atoms with Crippen molar-refractivity contribution in [3.8, 4) is 5.75 Å². The quantitative estimate of drug-likeness (QED) is 0.511. The average molecular weight is 397 g/mol. The summed E-state index contributed by atoms with van der Waals surface area (Å²) >= 11 is 6.06. The van der Waals surface area contributed by atoms with Crippen molar-refractivity contribution in [3.05, 3.63) is 55.3 Å². The summed E-state index contributed by atoms with van der Waals surface area (Å²) in [5, 5.41) is 2.73. The van der Waals surface area contributed by atoms with Gasteiger partial charge in [-0.25, -0.2) is 9.59 Å².